The van der Waals surface area contributed by atoms with Crippen molar-refractivity contribution in [2.24, 2.45) is 5.92 Å². The predicted octanol–water partition coefficient (Wildman–Crippen LogP) is -1.17. The van der Waals surface area contributed by atoms with Crippen molar-refractivity contribution in [2.45, 2.75) is 69.7 Å². The van der Waals surface area contributed by atoms with Gasteiger partial charge in [0.25, 0.3) is 5.91 Å². The number of hydrogen-bond acceptors (Lipinski definition) is 11. The van der Waals surface area contributed by atoms with Crippen molar-refractivity contribution >= 4 is 34.9 Å². The number of nitrogens with one attached hydrogen (secondary N) is 2. The number of carbonyl (C=O) groups is 3. The van der Waals surface area contributed by atoms with Crippen LogP contribution in [0.5, 0.6) is 0 Å². The third-order valence-electron chi connectivity index (χ3n) is 7.47. The molecule has 5 atom stereocenters. The summed E-state index contributed by atoms with van der Waals surface area (Å²) in [6, 6.07) is 0. The van der Waals surface area contributed by atoms with Gasteiger partial charge >= 0.3 is 6.09 Å². The van der Waals surface area contributed by atoms with E-state index in [0.717, 1.165) is 19.3 Å². The predicted molar refractivity (Wildman–Crippen MR) is 135 cm³/mol. The molecule has 3 amide bonds. The molecule has 2 aromatic rings. The maximum Gasteiger partial charge on any atom is 0.410 e. The highest BCUT2D eigenvalue weighted by Gasteiger charge is 2.47. The maximum absolute atomic E-state index is 12.4. The van der Waals surface area contributed by atoms with Crippen LogP contribution in [0.25, 0.3) is 11.2 Å². The van der Waals surface area contributed by atoms with Crippen molar-refractivity contribution in [1.29, 1.82) is 0 Å². The Bertz CT molecular complexity index is 1230. The molecule has 5 heterocycles. The molecule has 5 rings (SSSR count). The molecule has 6 N–H and O–H groups in total. The highest BCUT2D eigenvalue weighted by Crippen LogP contribution is 2.32. The lowest BCUT2D eigenvalue weighted by atomic mass is 9.92. The summed E-state index contributed by atoms with van der Waals surface area (Å²) < 4.78 is 12.6. The van der Waals surface area contributed by atoms with Crippen molar-refractivity contribution in [1.82, 2.24) is 35.1 Å². The zero-order valence-electron chi connectivity index (χ0n) is 21.7. The lowest BCUT2D eigenvalue weighted by Gasteiger charge is -2.31. The number of amides is 3. The Morgan fingerprint density at radius 2 is 2.03 bits per heavy atom. The van der Waals surface area contributed by atoms with E-state index in [2.05, 4.69) is 25.6 Å². The summed E-state index contributed by atoms with van der Waals surface area (Å²) in [7, 11) is 0. The number of rotatable bonds is 7. The van der Waals surface area contributed by atoms with E-state index in [1.807, 2.05) is 0 Å². The molecular weight excluding hydrogens is 512 g/mol. The van der Waals surface area contributed by atoms with Gasteiger partial charge in [-0.2, -0.15) is 0 Å². The number of nitrogen functional groups attached to an aromatic ring is 1. The Kier molecular flexibility index (Phi) is 7.81. The van der Waals surface area contributed by atoms with E-state index in [1.165, 1.54) is 10.9 Å². The number of aliphatic hydroxyl groups excluding tert-OH is 2. The van der Waals surface area contributed by atoms with Crippen molar-refractivity contribution < 1.29 is 34.1 Å². The summed E-state index contributed by atoms with van der Waals surface area (Å²) in [5.41, 5.74) is 6.82. The molecule has 3 fully saturated rings. The summed E-state index contributed by atoms with van der Waals surface area (Å²) in [5.74, 6) is 0.399. The molecule has 15 nitrogen and oxygen atoms in total. The van der Waals surface area contributed by atoms with E-state index in [-0.39, 0.29) is 24.2 Å². The number of ether oxygens (including phenoxy) is 2. The molecular formula is C24H34N8O7. The Morgan fingerprint density at radius 1 is 1.26 bits per heavy atom. The summed E-state index contributed by atoms with van der Waals surface area (Å²) >= 11 is 0. The molecule has 212 valence electrons. The van der Waals surface area contributed by atoms with Gasteiger partial charge in [-0.15, -0.1) is 0 Å². The van der Waals surface area contributed by atoms with Crippen LogP contribution in [0.2, 0.25) is 0 Å². The Morgan fingerprint density at radius 3 is 2.72 bits per heavy atom. The van der Waals surface area contributed by atoms with Crippen LogP contribution < -0.4 is 16.4 Å². The zero-order chi connectivity index (χ0) is 27.7. The normalized spacial score (nSPS) is 27.6. The van der Waals surface area contributed by atoms with Gasteiger partial charge in [0, 0.05) is 26.1 Å². The average Bonchev–Trinajstić information content (AvgIpc) is 3.61. The van der Waals surface area contributed by atoms with Gasteiger partial charge in [-0.05, 0) is 32.1 Å². The van der Waals surface area contributed by atoms with E-state index in [4.69, 9.17) is 15.2 Å². The van der Waals surface area contributed by atoms with E-state index >= 15 is 0 Å². The van der Waals surface area contributed by atoms with E-state index in [9.17, 15) is 24.6 Å². The lowest BCUT2D eigenvalue weighted by molar-refractivity contribution is -0.137. The molecule has 0 bridgehead atoms. The second-order valence-corrected chi connectivity index (χ2v) is 10.2. The van der Waals surface area contributed by atoms with E-state index < -0.39 is 36.6 Å². The molecule has 3 unspecified atom stereocenters. The van der Waals surface area contributed by atoms with Crippen LogP contribution in [0.15, 0.2) is 6.33 Å². The first-order chi connectivity index (χ1) is 18.7. The van der Waals surface area contributed by atoms with Crippen LogP contribution >= 0.6 is 0 Å². The highest BCUT2D eigenvalue weighted by atomic mass is 16.6. The second-order valence-electron chi connectivity index (χ2n) is 10.2. The van der Waals surface area contributed by atoms with Gasteiger partial charge < -0.3 is 41.0 Å². The van der Waals surface area contributed by atoms with Crippen LogP contribution in [0.4, 0.5) is 10.6 Å². The largest absolute Gasteiger partial charge is 0.444 e. The maximum atomic E-state index is 12.4. The van der Waals surface area contributed by atoms with Crippen LogP contribution in [-0.2, 0) is 25.5 Å². The van der Waals surface area contributed by atoms with Gasteiger partial charge in [-0.3, -0.25) is 14.2 Å². The van der Waals surface area contributed by atoms with Crippen molar-refractivity contribution in [3.8, 4) is 0 Å². The van der Waals surface area contributed by atoms with Crippen LogP contribution in [0.1, 0.15) is 44.7 Å². The number of nitrogens with two attached hydrogens (primary N) is 1. The van der Waals surface area contributed by atoms with Crippen molar-refractivity contribution in [3.05, 3.63) is 12.2 Å². The lowest BCUT2D eigenvalue weighted by Crippen LogP contribution is -2.42. The molecule has 0 radical (unpaired) electrons. The summed E-state index contributed by atoms with van der Waals surface area (Å²) in [4.78, 5) is 50.9. The van der Waals surface area contributed by atoms with Gasteiger partial charge in [0.05, 0.1) is 19.3 Å². The number of aryl methyl sites for hydroxylation is 1. The fourth-order valence-corrected chi connectivity index (χ4v) is 5.28. The summed E-state index contributed by atoms with van der Waals surface area (Å²) in [6.07, 6.45) is -1.39. The SMILES string of the molecule is CCNC(=O)[C@H]1O[C@@H](n2cnc3c(N)nc(CCC4CCN(C(=O)OC5CNC(=O)C5)CC4)nc32)C(O)C1O. The molecule has 0 aliphatic carbocycles. The van der Waals surface area contributed by atoms with Gasteiger partial charge in [0.2, 0.25) is 5.91 Å². The minimum absolute atomic E-state index is 0.108. The topological polar surface area (TPSA) is 207 Å². The van der Waals surface area contributed by atoms with Crippen molar-refractivity contribution in [3.63, 3.8) is 0 Å². The third kappa shape index (κ3) is 5.60. The number of carbonyl (C=O) groups excluding carboxylic acids is 3. The number of aliphatic hydroxyl groups is 2. The first-order valence-corrected chi connectivity index (χ1v) is 13.3. The van der Waals surface area contributed by atoms with Gasteiger partial charge in [0.15, 0.2) is 23.8 Å². The average molecular weight is 547 g/mol. The number of aromatic nitrogens is 4. The molecule has 0 spiro atoms. The number of likely N-dealkylation sites (N-methyl/N-ethyl adjacent to an activating group) is 1. The van der Waals surface area contributed by atoms with Crippen LogP contribution in [0.3, 0.4) is 0 Å². The number of hydrogen-bond donors (Lipinski definition) is 5. The standard InChI is InChI=1S/C24H34N8O7/c1-2-26-22(36)19-17(34)18(35)23(39-19)32-11-28-16-20(25)29-14(30-21(16)32)4-3-12-5-7-31(8-6-12)24(37)38-13-9-15(33)27-10-13/h11-13,17-19,23,34-35H,2-10H2,1H3,(H,26,36)(H,27,33)(H2,25,29,30)/t13?,17?,18?,19-,23+/m0/s1. The Balaban J connectivity index is 1.20. The van der Waals surface area contributed by atoms with E-state index in [1.54, 1.807) is 11.8 Å². The smallest absolute Gasteiger partial charge is 0.410 e. The quantitative estimate of drug-likeness (QED) is 0.280. The Labute approximate surface area is 224 Å². The van der Waals surface area contributed by atoms with Crippen LogP contribution in [0, 0.1) is 5.92 Å². The van der Waals surface area contributed by atoms with Gasteiger partial charge in [-0.1, -0.05) is 0 Å². The minimum atomic E-state index is -1.42. The number of piperidine rings is 1. The highest BCUT2D eigenvalue weighted by molar-refractivity contribution is 5.83. The minimum Gasteiger partial charge on any atom is -0.444 e. The number of fused-ring (bicyclic) bond motifs is 1. The second kappa shape index (κ2) is 11.3. The molecule has 3 aliphatic rings. The molecule has 2 aromatic heterocycles. The number of likely N-dealkylation sites (tertiary alicyclic amines) is 1. The monoisotopic (exact) mass is 546 g/mol. The summed E-state index contributed by atoms with van der Waals surface area (Å²) in [5, 5.41) is 26.2. The molecule has 15 heteroatoms. The number of anilines is 1. The first kappa shape index (κ1) is 27.0. The molecule has 0 aromatic carbocycles. The van der Waals surface area contributed by atoms with Gasteiger partial charge in [0.1, 0.15) is 29.7 Å². The third-order valence-corrected chi connectivity index (χ3v) is 7.47. The zero-order valence-corrected chi connectivity index (χ0v) is 21.7. The van der Waals surface area contributed by atoms with Crippen molar-refractivity contribution in [2.75, 3.05) is 31.9 Å². The fraction of sp³-hybridized carbons (Fsp3) is 0.667. The fourth-order valence-electron chi connectivity index (χ4n) is 5.28. The summed E-state index contributed by atoms with van der Waals surface area (Å²) in [6.45, 7) is 3.59. The van der Waals surface area contributed by atoms with Gasteiger partial charge in [-0.25, -0.2) is 19.7 Å². The number of nitrogens with zero attached hydrogens (tertiary/aromatic N) is 5. The Hall–Kier alpha value is -3.56. The van der Waals surface area contributed by atoms with E-state index in [0.29, 0.717) is 55.5 Å². The van der Waals surface area contributed by atoms with Crippen LogP contribution in [-0.4, -0.2) is 103 Å². The molecule has 39 heavy (non-hydrogen) atoms. The number of imidazole rings is 1. The molecule has 0 saturated carbocycles. The molecule has 3 saturated heterocycles. The first-order valence-electron chi connectivity index (χ1n) is 13.3. The molecule has 3 aliphatic heterocycles.